The summed E-state index contributed by atoms with van der Waals surface area (Å²) < 4.78 is 39.4. The smallest absolute Gasteiger partial charge is 0.363 e. The summed E-state index contributed by atoms with van der Waals surface area (Å²) >= 11 is 0. The van der Waals surface area contributed by atoms with Gasteiger partial charge in [0.25, 0.3) is 0 Å². The molecule has 0 unspecified atom stereocenters. The van der Waals surface area contributed by atoms with Crippen molar-refractivity contribution in [3.63, 3.8) is 0 Å². The number of hydrogen-bond donors (Lipinski definition) is 1. The highest BCUT2D eigenvalue weighted by molar-refractivity contribution is 5.46. The molecule has 0 radical (unpaired) electrons. The zero-order valence-electron chi connectivity index (χ0n) is 13.5. The van der Waals surface area contributed by atoms with Gasteiger partial charge in [0.15, 0.2) is 5.69 Å². The second-order valence-corrected chi connectivity index (χ2v) is 6.10. The fourth-order valence-electron chi connectivity index (χ4n) is 2.84. The molecule has 0 aromatic carbocycles. The minimum atomic E-state index is -4.50. The van der Waals surface area contributed by atoms with E-state index in [2.05, 4.69) is 20.2 Å². The Morgan fingerprint density at radius 1 is 1.29 bits per heavy atom. The molecule has 1 saturated heterocycles. The summed E-state index contributed by atoms with van der Waals surface area (Å²) in [5, 5.41) is 6.89. The van der Waals surface area contributed by atoms with Crippen molar-refractivity contribution < 1.29 is 13.2 Å². The van der Waals surface area contributed by atoms with E-state index in [-0.39, 0.29) is 17.7 Å². The number of halogens is 3. The predicted molar refractivity (Wildman–Crippen MR) is 84.1 cm³/mol. The van der Waals surface area contributed by atoms with Crippen LogP contribution < -0.4 is 9.80 Å². The van der Waals surface area contributed by atoms with E-state index in [0.717, 1.165) is 24.6 Å². The van der Waals surface area contributed by atoms with Crippen molar-refractivity contribution in [2.24, 2.45) is 0 Å². The van der Waals surface area contributed by atoms with Crippen LogP contribution >= 0.6 is 0 Å². The largest absolute Gasteiger partial charge is 0.433 e. The third kappa shape index (κ3) is 3.44. The van der Waals surface area contributed by atoms with Gasteiger partial charge < -0.3 is 9.80 Å². The number of nitrogens with zero attached hydrogens (tertiary/aromatic N) is 5. The van der Waals surface area contributed by atoms with Gasteiger partial charge in [-0.25, -0.2) is 4.98 Å². The van der Waals surface area contributed by atoms with Crippen LogP contribution in [0.4, 0.5) is 24.9 Å². The average Bonchev–Trinajstić information content (AvgIpc) is 3.08. The zero-order valence-corrected chi connectivity index (χ0v) is 13.5. The number of H-pyrrole nitrogens is 1. The second kappa shape index (κ2) is 6.29. The Kier molecular flexibility index (Phi) is 4.33. The highest BCUT2D eigenvalue weighted by Gasteiger charge is 2.35. The van der Waals surface area contributed by atoms with E-state index in [9.17, 15) is 13.2 Å². The Morgan fingerprint density at radius 2 is 2.08 bits per heavy atom. The van der Waals surface area contributed by atoms with E-state index in [4.69, 9.17) is 0 Å². The molecule has 0 saturated carbocycles. The number of alkyl halides is 3. The van der Waals surface area contributed by atoms with Gasteiger partial charge >= 0.3 is 6.18 Å². The molecule has 0 spiro atoms. The van der Waals surface area contributed by atoms with Gasteiger partial charge in [-0.3, -0.25) is 5.10 Å². The summed E-state index contributed by atoms with van der Waals surface area (Å²) in [5.41, 5.74) is 0.0689. The first kappa shape index (κ1) is 16.5. The molecule has 2 aromatic heterocycles. The van der Waals surface area contributed by atoms with Crippen LogP contribution in [-0.4, -0.2) is 47.4 Å². The molecule has 24 heavy (non-hydrogen) atoms. The second-order valence-electron chi connectivity index (χ2n) is 6.10. The maximum atomic E-state index is 13.1. The molecule has 130 valence electrons. The topological polar surface area (TPSA) is 60.9 Å². The third-order valence-electron chi connectivity index (χ3n) is 4.12. The molecule has 0 bridgehead atoms. The van der Waals surface area contributed by atoms with Crippen molar-refractivity contribution in [3.05, 3.63) is 29.7 Å². The van der Waals surface area contributed by atoms with Crippen LogP contribution in [0.25, 0.3) is 0 Å². The van der Waals surface area contributed by atoms with Crippen molar-refractivity contribution in [3.8, 4) is 0 Å². The van der Waals surface area contributed by atoms with Gasteiger partial charge in [-0.2, -0.15) is 23.3 Å². The Balaban J connectivity index is 1.91. The molecule has 1 aliphatic heterocycles. The number of aromatic nitrogens is 4. The standard InChI is InChI=1S/C15H19F3N6/c1-23(2)13-8-12(15(16,17)18)20-14(21-13)24-7-3-4-10(9-24)11-5-6-19-22-11/h5-6,8,10H,3-4,7,9H2,1-2H3,(H,19,22)/t10-/m0/s1. The molecule has 0 aliphatic carbocycles. The van der Waals surface area contributed by atoms with E-state index in [1.165, 1.54) is 0 Å². The van der Waals surface area contributed by atoms with E-state index >= 15 is 0 Å². The lowest BCUT2D eigenvalue weighted by Gasteiger charge is -2.33. The van der Waals surface area contributed by atoms with Crippen LogP contribution in [0.2, 0.25) is 0 Å². The molecule has 1 aliphatic rings. The highest BCUT2D eigenvalue weighted by atomic mass is 19.4. The molecule has 6 nitrogen and oxygen atoms in total. The summed E-state index contributed by atoms with van der Waals surface area (Å²) in [4.78, 5) is 11.4. The summed E-state index contributed by atoms with van der Waals surface area (Å²) in [6.45, 7) is 1.20. The van der Waals surface area contributed by atoms with E-state index < -0.39 is 11.9 Å². The van der Waals surface area contributed by atoms with Crippen LogP contribution in [0.1, 0.15) is 30.1 Å². The first-order valence-electron chi connectivity index (χ1n) is 7.72. The quantitative estimate of drug-likeness (QED) is 0.931. The monoisotopic (exact) mass is 340 g/mol. The van der Waals surface area contributed by atoms with Gasteiger partial charge in [0.05, 0.1) is 0 Å². The van der Waals surface area contributed by atoms with Crippen molar-refractivity contribution in [1.29, 1.82) is 0 Å². The van der Waals surface area contributed by atoms with Gasteiger partial charge in [-0.1, -0.05) is 0 Å². The van der Waals surface area contributed by atoms with Crippen LogP contribution in [0, 0.1) is 0 Å². The number of anilines is 2. The Bertz CT molecular complexity index is 683. The molecule has 1 fully saturated rings. The lowest BCUT2D eigenvalue weighted by Crippen LogP contribution is -2.36. The van der Waals surface area contributed by atoms with Crippen molar-refractivity contribution in [2.75, 3.05) is 37.0 Å². The summed E-state index contributed by atoms with van der Waals surface area (Å²) in [6.07, 6.45) is -1.00. The first-order chi connectivity index (χ1) is 11.3. The first-order valence-corrected chi connectivity index (χ1v) is 7.72. The minimum Gasteiger partial charge on any atom is -0.363 e. The lowest BCUT2D eigenvalue weighted by atomic mass is 9.95. The van der Waals surface area contributed by atoms with E-state index in [1.54, 1.807) is 25.2 Å². The molecule has 2 aromatic rings. The van der Waals surface area contributed by atoms with Gasteiger partial charge in [-0.15, -0.1) is 0 Å². The van der Waals surface area contributed by atoms with Crippen molar-refractivity contribution in [2.45, 2.75) is 24.9 Å². The van der Waals surface area contributed by atoms with E-state index in [0.29, 0.717) is 13.1 Å². The third-order valence-corrected chi connectivity index (χ3v) is 4.12. The predicted octanol–water partition coefficient (Wildman–Crippen LogP) is 2.67. The van der Waals surface area contributed by atoms with Crippen molar-refractivity contribution >= 4 is 11.8 Å². The molecule has 0 amide bonds. The fraction of sp³-hybridized carbons (Fsp3) is 0.533. The summed E-state index contributed by atoms with van der Waals surface area (Å²) in [7, 11) is 3.33. The van der Waals surface area contributed by atoms with Gasteiger partial charge in [0.1, 0.15) is 5.82 Å². The Hall–Kier alpha value is -2.32. The fourth-order valence-corrected chi connectivity index (χ4v) is 2.84. The summed E-state index contributed by atoms with van der Waals surface area (Å²) in [5.74, 6) is 0.552. The van der Waals surface area contributed by atoms with Gasteiger partial charge in [0, 0.05) is 51.1 Å². The lowest BCUT2D eigenvalue weighted by molar-refractivity contribution is -0.141. The maximum Gasteiger partial charge on any atom is 0.433 e. The van der Waals surface area contributed by atoms with Crippen LogP contribution in [0.5, 0.6) is 0 Å². The van der Waals surface area contributed by atoms with Crippen LogP contribution in [0.3, 0.4) is 0 Å². The van der Waals surface area contributed by atoms with Crippen LogP contribution in [0.15, 0.2) is 18.3 Å². The number of hydrogen-bond acceptors (Lipinski definition) is 5. The Labute approximate surface area is 137 Å². The zero-order chi connectivity index (χ0) is 17.3. The number of piperidine rings is 1. The van der Waals surface area contributed by atoms with E-state index in [1.807, 2.05) is 11.0 Å². The Morgan fingerprint density at radius 3 is 2.71 bits per heavy atom. The maximum absolute atomic E-state index is 13.1. The van der Waals surface area contributed by atoms with Gasteiger partial charge in [-0.05, 0) is 18.9 Å². The number of rotatable bonds is 3. The molecular weight excluding hydrogens is 321 g/mol. The molecular formula is C15H19F3N6. The molecule has 1 atom stereocenters. The minimum absolute atomic E-state index is 0.123. The van der Waals surface area contributed by atoms with Crippen LogP contribution in [-0.2, 0) is 6.18 Å². The SMILES string of the molecule is CN(C)c1cc(C(F)(F)F)nc(N2CCC[C@H](c3ccn[nH]3)C2)n1. The molecule has 3 rings (SSSR count). The van der Waals surface area contributed by atoms with Crippen molar-refractivity contribution in [1.82, 2.24) is 20.2 Å². The summed E-state index contributed by atoms with van der Waals surface area (Å²) in [6, 6.07) is 2.87. The molecule has 3 heterocycles. The molecule has 9 heteroatoms. The van der Waals surface area contributed by atoms with Gasteiger partial charge in [0.2, 0.25) is 5.95 Å². The number of aromatic amines is 1. The average molecular weight is 340 g/mol. The number of nitrogens with one attached hydrogen (secondary N) is 1. The normalized spacial score (nSPS) is 18.7. The highest BCUT2D eigenvalue weighted by Crippen LogP contribution is 2.33. The molecule has 1 N–H and O–H groups in total.